The first-order valence-corrected chi connectivity index (χ1v) is 10.3. The molecule has 1 aliphatic heterocycles. The smallest absolute Gasteiger partial charge is 0.229 e. The second-order valence-electron chi connectivity index (χ2n) is 8.43. The Hall–Kier alpha value is -2.31. The van der Waals surface area contributed by atoms with Gasteiger partial charge in [-0.3, -0.25) is 4.79 Å². The number of rotatable bonds is 7. The molecule has 2 aromatic carbocycles. The molecular formula is C24H30F2N2O2. The van der Waals surface area contributed by atoms with Crippen LogP contribution in [0.2, 0.25) is 0 Å². The van der Waals surface area contributed by atoms with E-state index in [2.05, 4.69) is 4.90 Å². The molecule has 0 N–H and O–H groups in total. The molecule has 2 aromatic rings. The van der Waals surface area contributed by atoms with Crippen LogP contribution in [0.5, 0.6) is 0 Å². The van der Waals surface area contributed by atoms with E-state index in [1.165, 1.54) is 6.07 Å². The molecule has 0 spiro atoms. The van der Waals surface area contributed by atoms with Crippen LogP contribution in [0, 0.1) is 17.0 Å². The highest BCUT2D eigenvalue weighted by molar-refractivity contribution is 5.83. The number of halogens is 2. The number of carbonyl (C=O) groups is 1. The molecule has 0 atom stereocenters. The second kappa shape index (κ2) is 9.67. The van der Waals surface area contributed by atoms with Crippen LogP contribution in [0.15, 0.2) is 42.5 Å². The summed E-state index contributed by atoms with van der Waals surface area (Å²) < 4.78 is 32.3. The van der Waals surface area contributed by atoms with Crippen molar-refractivity contribution in [3.05, 3.63) is 59.7 Å². The van der Waals surface area contributed by atoms with Crippen molar-refractivity contribution in [2.24, 2.45) is 5.41 Å². The third-order valence-corrected chi connectivity index (χ3v) is 5.88. The fourth-order valence-electron chi connectivity index (χ4n) is 3.97. The van der Waals surface area contributed by atoms with E-state index in [0.717, 1.165) is 23.7 Å². The Balaban J connectivity index is 1.77. The lowest BCUT2D eigenvalue weighted by Crippen LogP contribution is -2.48. The van der Waals surface area contributed by atoms with Crippen molar-refractivity contribution >= 4 is 5.91 Å². The quantitative estimate of drug-likeness (QED) is 0.684. The van der Waals surface area contributed by atoms with Gasteiger partial charge in [0.05, 0.1) is 5.41 Å². The summed E-state index contributed by atoms with van der Waals surface area (Å²) in [6.45, 7) is 2.67. The maximum absolute atomic E-state index is 13.5. The van der Waals surface area contributed by atoms with Crippen LogP contribution in [-0.2, 0) is 16.0 Å². The number of benzene rings is 2. The Bertz CT molecular complexity index is 862. The fourth-order valence-corrected chi connectivity index (χ4v) is 3.97. The van der Waals surface area contributed by atoms with Crippen LogP contribution >= 0.6 is 0 Å². The molecule has 1 fully saturated rings. The van der Waals surface area contributed by atoms with Crippen LogP contribution < -0.4 is 0 Å². The minimum Gasteiger partial charge on any atom is -0.381 e. The van der Waals surface area contributed by atoms with Gasteiger partial charge in [-0.25, -0.2) is 8.78 Å². The first-order chi connectivity index (χ1) is 14.3. The Kier molecular flexibility index (Phi) is 7.21. The molecule has 0 bridgehead atoms. The van der Waals surface area contributed by atoms with E-state index in [1.807, 2.05) is 50.3 Å². The molecule has 1 heterocycles. The summed E-state index contributed by atoms with van der Waals surface area (Å²) in [7, 11) is 5.86. The number of hydrogen-bond acceptors (Lipinski definition) is 3. The zero-order chi connectivity index (χ0) is 21.7. The number of likely N-dealkylation sites (N-methyl/N-ethyl adjacent to an activating group) is 2. The Morgan fingerprint density at radius 1 is 0.933 bits per heavy atom. The van der Waals surface area contributed by atoms with Gasteiger partial charge in [0.25, 0.3) is 0 Å². The summed E-state index contributed by atoms with van der Waals surface area (Å²) >= 11 is 0. The predicted octanol–water partition coefficient (Wildman–Crippen LogP) is 3.99. The highest BCUT2D eigenvalue weighted by atomic mass is 19.2. The van der Waals surface area contributed by atoms with Gasteiger partial charge in [-0.15, -0.1) is 0 Å². The van der Waals surface area contributed by atoms with Crippen LogP contribution in [0.3, 0.4) is 0 Å². The van der Waals surface area contributed by atoms with Crippen LogP contribution in [-0.4, -0.2) is 63.2 Å². The van der Waals surface area contributed by atoms with Gasteiger partial charge in [-0.2, -0.15) is 0 Å². The summed E-state index contributed by atoms with van der Waals surface area (Å²) in [5.41, 5.74) is 2.02. The molecule has 1 amide bonds. The van der Waals surface area contributed by atoms with E-state index < -0.39 is 17.0 Å². The van der Waals surface area contributed by atoms with Crippen molar-refractivity contribution in [3.8, 4) is 11.1 Å². The Morgan fingerprint density at radius 3 is 2.17 bits per heavy atom. The summed E-state index contributed by atoms with van der Waals surface area (Å²) in [5.74, 6) is -1.55. The van der Waals surface area contributed by atoms with Crippen LogP contribution in [0.25, 0.3) is 11.1 Å². The maximum atomic E-state index is 13.5. The molecule has 0 radical (unpaired) electrons. The summed E-state index contributed by atoms with van der Waals surface area (Å²) in [6, 6.07) is 11.6. The van der Waals surface area contributed by atoms with Crippen molar-refractivity contribution in [1.29, 1.82) is 0 Å². The average molecular weight is 417 g/mol. The van der Waals surface area contributed by atoms with E-state index in [4.69, 9.17) is 4.74 Å². The highest BCUT2D eigenvalue weighted by Gasteiger charge is 2.41. The van der Waals surface area contributed by atoms with Crippen molar-refractivity contribution in [2.75, 3.05) is 47.4 Å². The van der Waals surface area contributed by atoms with Crippen molar-refractivity contribution in [3.63, 3.8) is 0 Å². The van der Waals surface area contributed by atoms with Crippen LogP contribution in [0.1, 0.15) is 18.4 Å². The largest absolute Gasteiger partial charge is 0.381 e. The molecule has 0 saturated carbocycles. The number of ether oxygens (including phenoxy) is 1. The van der Waals surface area contributed by atoms with Gasteiger partial charge in [0, 0.05) is 33.4 Å². The maximum Gasteiger partial charge on any atom is 0.229 e. The topological polar surface area (TPSA) is 32.8 Å². The third kappa shape index (κ3) is 5.24. The van der Waals surface area contributed by atoms with Gasteiger partial charge in [0.2, 0.25) is 5.91 Å². The number of nitrogens with zero attached hydrogens (tertiary/aromatic N) is 2. The van der Waals surface area contributed by atoms with Crippen molar-refractivity contribution in [2.45, 2.75) is 19.3 Å². The minimum atomic E-state index is -0.857. The Labute approximate surface area is 177 Å². The standard InChI is InChI=1S/C24H30F2N2O2/c1-27(2)12-13-28(3)23(29)24(10-14-30-15-11-24)17-18-4-6-19(7-5-18)20-8-9-21(25)22(26)16-20/h4-9,16H,10-15,17H2,1-3H3. The SMILES string of the molecule is CN(C)CCN(C)C(=O)C1(Cc2ccc(-c3ccc(F)c(F)c3)cc2)CCOCC1. The lowest BCUT2D eigenvalue weighted by atomic mass is 9.74. The van der Waals surface area contributed by atoms with Crippen molar-refractivity contribution in [1.82, 2.24) is 9.80 Å². The van der Waals surface area contributed by atoms with E-state index >= 15 is 0 Å². The monoisotopic (exact) mass is 416 g/mol. The molecule has 30 heavy (non-hydrogen) atoms. The van der Waals surface area contributed by atoms with Crippen molar-refractivity contribution < 1.29 is 18.3 Å². The molecule has 0 aromatic heterocycles. The lowest BCUT2D eigenvalue weighted by molar-refractivity contribution is -0.146. The lowest BCUT2D eigenvalue weighted by Gasteiger charge is -2.39. The van der Waals surface area contributed by atoms with Gasteiger partial charge in [0.15, 0.2) is 11.6 Å². The van der Waals surface area contributed by atoms with E-state index in [9.17, 15) is 13.6 Å². The van der Waals surface area contributed by atoms with Crippen LogP contribution in [0.4, 0.5) is 8.78 Å². The fraction of sp³-hybridized carbons (Fsp3) is 0.458. The molecule has 3 rings (SSSR count). The van der Waals surface area contributed by atoms with E-state index in [1.54, 1.807) is 6.07 Å². The molecule has 162 valence electrons. The zero-order valence-electron chi connectivity index (χ0n) is 18.0. The van der Waals surface area contributed by atoms with Gasteiger partial charge in [0.1, 0.15) is 0 Å². The Morgan fingerprint density at radius 2 is 1.57 bits per heavy atom. The predicted molar refractivity (Wildman–Crippen MR) is 114 cm³/mol. The molecule has 1 saturated heterocycles. The molecule has 1 aliphatic rings. The highest BCUT2D eigenvalue weighted by Crippen LogP contribution is 2.36. The van der Waals surface area contributed by atoms with E-state index in [0.29, 0.717) is 44.6 Å². The zero-order valence-corrected chi connectivity index (χ0v) is 18.0. The molecule has 4 nitrogen and oxygen atoms in total. The first-order valence-electron chi connectivity index (χ1n) is 10.3. The summed E-state index contributed by atoms with van der Waals surface area (Å²) in [6.07, 6.45) is 2.03. The van der Waals surface area contributed by atoms with E-state index in [-0.39, 0.29) is 5.91 Å². The summed E-state index contributed by atoms with van der Waals surface area (Å²) in [4.78, 5) is 17.3. The van der Waals surface area contributed by atoms with Gasteiger partial charge in [-0.1, -0.05) is 30.3 Å². The minimum absolute atomic E-state index is 0.164. The van der Waals surface area contributed by atoms with Gasteiger partial charge in [-0.05, 0) is 62.2 Å². The van der Waals surface area contributed by atoms with Gasteiger partial charge >= 0.3 is 0 Å². The molecular weight excluding hydrogens is 386 g/mol. The first kappa shape index (κ1) is 22.4. The third-order valence-electron chi connectivity index (χ3n) is 5.88. The molecule has 0 aliphatic carbocycles. The number of hydrogen-bond donors (Lipinski definition) is 0. The molecule has 6 heteroatoms. The average Bonchev–Trinajstić information content (AvgIpc) is 2.74. The number of carbonyl (C=O) groups excluding carboxylic acids is 1. The van der Waals surface area contributed by atoms with Gasteiger partial charge < -0.3 is 14.5 Å². The molecule has 0 unspecified atom stereocenters. The normalized spacial score (nSPS) is 15.9. The second-order valence-corrected chi connectivity index (χ2v) is 8.43. The number of amides is 1. The summed E-state index contributed by atoms with van der Waals surface area (Å²) in [5, 5.41) is 0.